The number of anilines is 1. The molecule has 0 spiro atoms. The van der Waals surface area contributed by atoms with Crippen LogP contribution in [-0.4, -0.2) is 17.5 Å². The highest BCUT2D eigenvalue weighted by Gasteiger charge is 2.13. The predicted molar refractivity (Wildman–Crippen MR) is 68.2 cm³/mol. The van der Waals surface area contributed by atoms with E-state index < -0.39 is 0 Å². The van der Waals surface area contributed by atoms with Gasteiger partial charge >= 0.3 is 0 Å². The number of aromatic nitrogens is 1. The third-order valence-corrected chi connectivity index (χ3v) is 3.61. The summed E-state index contributed by atoms with van der Waals surface area (Å²) in [6, 6.07) is 5.95. The van der Waals surface area contributed by atoms with E-state index in [-0.39, 0.29) is 0 Å². The number of rotatable bonds is 3. The van der Waals surface area contributed by atoms with Crippen molar-refractivity contribution in [2.24, 2.45) is 0 Å². The first kappa shape index (κ1) is 10.7. The lowest BCUT2D eigenvalue weighted by Crippen LogP contribution is -2.22. The lowest BCUT2D eigenvalue weighted by atomic mass is 10.2. The summed E-state index contributed by atoms with van der Waals surface area (Å²) >= 11 is 7.71. The van der Waals surface area contributed by atoms with Crippen molar-refractivity contribution < 1.29 is 0 Å². The first-order valence-electron chi connectivity index (χ1n) is 5.06. The molecule has 4 heteroatoms. The van der Waals surface area contributed by atoms with Crippen molar-refractivity contribution in [2.45, 2.75) is 13.8 Å². The molecule has 0 N–H and O–H groups in total. The number of hydrogen-bond donors (Lipinski definition) is 0. The maximum absolute atomic E-state index is 6.20. The monoisotopic (exact) mass is 240 g/mol. The van der Waals surface area contributed by atoms with Gasteiger partial charge in [0.25, 0.3) is 0 Å². The average molecular weight is 241 g/mol. The molecule has 2 rings (SSSR count). The zero-order valence-electron chi connectivity index (χ0n) is 8.83. The van der Waals surface area contributed by atoms with Gasteiger partial charge in [0.15, 0.2) is 5.82 Å². The molecule has 2 aromatic rings. The summed E-state index contributed by atoms with van der Waals surface area (Å²) in [7, 11) is 0. The predicted octanol–water partition coefficient (Wildman–Crippen LogP) is 3.80. The van der Waals surface area contributed by atoms with E-state index in [4.69, 9.17) is 11.6 Å². The Labute approximate surface area is 98.6 Å². The smallest absolute Gasteiger partial charge is 0.151 e. The molecular formula is C11H13ClN2S. The molecule has 0 atom stereocenters. The van der Waals surface area contributed by atoms with Gasteiger partial charge in [-0.05, 0) is 37.5 Å². The summed E-state index contributed by atoms with van der Waals surface area (Å²) in [5.74, 6) is 1.02. The molecule has 0 radical (unpaired) electrons. The summed E-state index contributed by atoms with van der Waals surface area (Å²) in [5, 5.41) is 1.89. The number of fused-ring (bicyclic) bond motifs is 1. The first-order chi connectivity index (χ1) is 7.27. The molecule has 1 aromatic heterocycles. The SMILES string of the molecule is CCN(CC)c1nsc2cccc(Cl)c12. The molecule has 0 aliphatic rings. The van der Waals surface area contributed by atoms with Crippen LogP contribution in [0.1, 0.15) is 13.8 Å². The molecule has 0 unspecified atom stereocenters. The minimum Gasteiger partial charge on any atom is -0.356 e. The normalized spacial score (nSPS) is 10.9. The molecule has 0 amide bonds. The van der Waals surface area contributed by atoms with Crippen molar-refractivity contribution in [1.29, 1.82) is 0 Å². The molecule has 0 aliphatic carbocycles. The Bertz CT molecular complexity index is 463. The van der Waals surface area contributed by atoms with Gasteiger partial charge < -0.3 is 4.90 Å². The van der Waals surface area contributed by atoms with Crippen LogP contribution in [0.2, 0.25) is 5.02 Å². The summed E-state index contributed by atoms with van der Waals surface area (Å²) < 4.78 is 5.64. The average Bonchev–Trinajstić information content (AvgIpc) is 2.66. The minimum atomic E-state index is 0.795. The fourth-order valence-electron chi connectivity index (χ4n) is 1.67. The highest BCUT2D eigenvalue weighted by molar-refractivity contribution is 7.13. The number of halogens is 1. The van der Waals surface area contributed by atoms with Crippen LogP contribution in [0.5, 0.6) is 0 Å². The summed E-state index contributed by atoms with van der Waals surface area (Å²) in [5.41, 5.74) is 0. The van der Waals surface area contributed by atoms with E-state index in [9.17, 15) is 0 Å². The van der Waals surface area contributed by atoms with Gasteiger partial charge in [-0.2, -0.15) is 4.37 Å². The van der Waals surface area contributed by atoms with E-state index in [2.05, 4.69) is 29.2 Å². The Balaban J connectivity index is 2.61. The fourth-order valence-corrected chi connectivity index (χ4v) is 2.81. The Hall–Kier alpha value is -0.800. The van der Waals surface area contributed by atoms with E-state index in [1.807, 2.05) is 12.1 Å². The van der Waals surface area contributed by atoms with Crippen molar-refractivity contribution in [1.82, 2.24) is 4.37 Å². The molecule has 15 heavy (non-hydrogen) atoms. The van der Waals surface area contributed by atoms with Crippen LogP contribution in [0.4, 0.5) is 5.82 Å². The van der Waals surface area contributed by atoms with Gasteiger partial charge in [0.1, 0.15) is 0 Å². The van der Waals surface area contributed by atoms with Gasteiger partial charge in [-0.3, -0.25) is 0 Å². The van der Waals surface area contributed by atoms with Crippen LogP contribution >= 0.6 is 23.1 Å². The van der Waals surface area contributed by atoms with Gasteiger partial charge in [-0.15, -0.1) is 0 Å². The molecule has 2 nitrogen and oxygen atoms in total. The molecule has 0 saturated heterocycles. The maximum atomic E-state index is 6.20. The van der Waals surface area contributed by atoms with Gasteiger partial charge in [0.2, 0.25) is 0 Å². The van der Waals surface area contributed by atoms with Gasteiger partial charge in [-0.25, -0.2) is 0 Å². The van der Waals surface area contributed by atoms with Gasteiger partial charge in [-0.1, -0.05) is 17.7 Å². The largest absolute Gasteiger partial charge is 0.356 e. The summed E-state index contributed by atoms with van der Waals surface area (Å²) in [4.78, 5) is 2.23. The van der Waals surface area contributed by atoms with Crippen LogP contribution in [0.25, 0.3) is 10.1 Å². The number of hydrogen-bond acceptors (Lipinski definition) is 3. The molecule has 1 heterocycles. The zero-order valence-corrected chi connectivity index (χ0v) is 10.4. The lowest BCUT2D eigenvalue weighted by Gasteiger charge is -2.18. The molecule has 0 saturated carbocycles. The Morgan fingerprint density at radius 3 is 2.73 bits per heavy atom. The molecule has 80 valence electrons. The van der Waals surface area contributed by atoms with Crippen molar-refractivity contribution in [3.8, 4) is 0 Å². The van der Waals surface area contributed by atoms with Crippen LogP contribution in [0.3, 0.4) is 0 Å². The number of nitrogens with zero attached hydrogens (tertiary/aromatic N) is 2. The van der Waals surface area contributed by atoms with Crippen LogP contribution in [0, 0.1) is 0 Å². The quantitative estimate of drug-likeness (QED) is 0.812. The maximum Gasteiger partial charge on any atom is 0.151 e. The molecule has 1 aromatic carbocycles. The highest BCUT2D eigenvalue weighted by Crippen LogP contribution is 2.34. The van der Waals surface area contributed by atoms with Crippen LogP contribution in [-0.2, 0) is 0 Å². The highest BCUT2D eigenvalue weighted by atomic mass is 35.5. The van der Waals surface area contributed by atoms with E-state index in [0.29, 0.717) is 0 Å². The summed E-state index contributed by atoms with van der Waals surface area (Å²) in [6.45, 7) is 6.18. The van der Waals surface area contributed by atoms with E-state index in [0.717, 1.165) is 34.0 Å². The van der Waals surface area contributed by atoms with E-state index in [1.165, 1.54) is 11.5 Å². The topological polar surface area (TPSA) is 16.1 Å². The molecular weight excluding hydrogens is 228 g/mol. The van der Waals surface area contributed by atoms with E-state index in [1.54, 1.807) is 0 Å². The second-order valence-corrected chi connectivity index (χ2v) is 4.50. The standard InChI is InChI=1S/C11H13ClN2S/c1-3-14(4-2)11-10-8(12)6-5-7-9(10)15-13-11/h5-7H,3-4H2,1-2H3. The minimum absolute atomic E-state index is 0.795. The number of benzene rings is 1. The third-order valence-electron chi connectivity index (χ3n) is 2.49. The Morgan fingerprint density at radius 2 is 2.07 bits per heavy atom. The van der Waals surface area contributed by atoms with Gasteiger partial charge in [0.05, 0.1) is 15.1 Å². The van der Waals surface area contributed by atoms with Crippen LogP contribution < -0.4 is 4.90 Å². The van der Waals surface area contributed by atoms with Crippen molar-refractivity contribution in [3.63, 3.8) is 0 Å². The Morgan fingerprint density at radius 1 is 1.33 bits per heavy atom. The lowest BCUT2D eigenvalue weighted by molar-refractivity contribution is 0.859. The third kappa shape index (κ3) is 1.82. The van der Waals surface area contributed by atoms with Crippen molar-refractivity contribution >= 4 is 39.0 Å². The van der Waals surface area contributed by atoms with Crippen LogP contribution in [0.15, 0.2) is 18.2 Å². The fraction of sp³-hybridized carbons (Fsp3) is 0.364. The van der Waals surface area contributed by atoms with Gasteiger partial charge in [0, 0.05) is 13.1 Å². The second kappa shape index (κ2) is 4.37. The second-order valence-electron chi connectivity index (χ2n) is 3.29. The van der Waals surface area contributed by atoms with E-state index >= 15 is 0 Å². The molecule has 0 aliphatic heterocycles. The molecule has 0 bridgehead atoms. The zero-order chi connectivity index (χ0) is 10.8. The Kier molecular flexibility index (Phi) is 3.12. The van der Waals surface area contributed by atoms with Crippen molar-refractivity contribution in [2.75, 3.05) is 18.0 Å². The molecule has 0 fully saturated rings. The summed E-state index contributed by atoms with van der Waals surface area (Å²) in [6.07, 6.45) is 0. The van der Waals surface area contributed by atoms with Crippen molar-refractivity contribution in [3.05, 3.63) is 23.2 Å². The first-order valence-corrected chi connectivity index (χ1v) is 6.21.